The quantitative estimate of drug-likeness (QED) is 0.676. The number of halogens is 1. The molecule has 0 unspecified atom stereocenters. The molecule has 0 spiro atoms. The monoisotopic (exact) mass is 333 g/mol. The number of nitrogens with one attached hydrogen (secondary N) is 1. The van der Waals surface area contributed by atoms with Gasteiger partial charge in [0.05, 0.1) is 29.8 Å². The van der Waals surface area contributed by atoms with Crippen molar-refractivity contribution in [2.75, 3.05) is 12.4 Å². The lowest BCUT2D eigenvalue weighted by atomic mass is 10.2. The van der Waals surface area contributed by atoms with Gasteiger partial charge in [0.25, 0.3) is 0 Å². The Morgan fingerprint density at radius 2 is 1.91 bits per heavy atom. The van der Waals surface area contributed by atoms with Crippen LogP contribution < -0.4 is 9.88 Å². The number of amides is 1. The number of aryl methyl sites for hydroxylation is 2. The molecule has 0 saturated heterocycles. The number of benzene rings is 1. The van der Waals surface area contributed by atoms with E-state index in [0.29, 0.717) is 29.2 Å². The van der Waals surface area contributed by atoms with Crippen LogP contribution in [0.25, 0.3) is 0 Å². The summed E-state index contributed by atoms with van der Waals surface area (Å²) in [6.07, 6.45) is 4.15. The molecular formula is C17H18ClN2O3+. The molecular weight excluding hydrogens is 316 g/mol. The Labute approximate surface area is 139 Å². The van der Waals surface area contributed by atoms with Crippen LogP contribution in [0.15, 0.2) is 42.7 Å². The topological polar surface area (TPSA) is 59.3 Å². The Morgan fingerprint density at radius 3 is 2.57 bits per heavy atom. The van der Waals surface area contributed by atoms with Crippen LogP contribution in [-0.4, -0.2) is 19.0 Å². The van der Waals surface area contributed by atoms with Gasteiger partial charge in [-0.1, -0.05) is 11.6 Å². The molecule has 0 bridgehead atoms. The lowest BCUT2D eigenvalue weighted by Crippen LogP contribution is -2.34. The SMILES string of the molecule is COC(=O)c1ccc(Cl)c(NC(=O)CC[n+]2ccc(C)cc2)c1. The standard InChI is InChI=1S/C17H17ClN2O3/c1-12-5-8-20(9-6-12)10-7-16(21)19-15-11-13(17(22)23-2)3-4-14(15)18/h3-6,8-9,11H,7,10H2,1-2H3/p+1. The fourth-order valence-electron chi connectivity index (χ4n) is 1.99. The number of carbonyl (C=O) groups is 2. The van der Waals surface area contributed by atoms with E-state index < -0.39 is 5.97 Å². The number of aromatic nitrogens is 1. The highest BCUT2D eigenvalue weighted by atomic mass is 35.5. The van der Waals surface area contributed by atoms with Crippen LogP contribution in [0.3, 0.4) is 0 Å². The van der Waals surface area contributed by atoms with Gasteiger partial charge in [-0.25, -0.2) is 9.36 Å². The average molecular weight is 334 g/mol. The Morgan fingerprint density at radius 1 is 1.22 bits per heavy atom. The molecule has 0 atom stereocenters. The highest BCUT2D eigenvalue weighted by molar-refractivity contribution is 6.33. The largest absolute Gasteiger partial charge is 0.465 e. The minimum Gasteiger partial charge on any atom is -0.465 e. The Kier molecular flexibility index (Phi) is 5.71. The maximum absolute atomic E-state index is 12.1. The predicted molar refractivity (Wildman–Crippen MR) is 87.4 cm³/mol. The van der Waals surface area contributed by atoms with Crippen LogP contribution in [0.2, 0.25) is 5.02 Å². The van der Waals surface area contributed by atoms with E-state index in [9.17, 15) is 9.59 Å². The molecule has 2 aromatic rings. The fourth-order valence-corrected chi connectivity index (χ4v) is 2.15. The lowest BCUT2D eigenvalue weighted by molar-refractivity contribution is -0.695. The van der Waals surface area contributed by atoms with Gasteiger partial charge in [-0.3, -0.25) is 4.79 Å². The summed E-state index contributed by atoms with van der Waals surface area (Å²) in [4.78, 5) is 23.6. The van der Waals surface area contributed by atoms with Gasteiger partial charge in [-0.15, -0.1) is 0 Å². The van der Waals surface area contributed by atoms with Gasteiger partial charge in [0.2, 0.25) is 5.91 Å². The maximum Gasteiger partial charge on any atom is 0.337 e. The fraction of sp³-hybridized carbons (Fsp3) is 0.235. The van der Waals surface area contributed by atoms with Gasteiger partial charge in [-0.2, -0.15) is 0 Å². The maximum atomic E-state index is 12.1. The summed E-state index contributed by atoms with van der Waals surface area (Å²) in [6.45, 7) is 2.56. The minimum absolute atomic E-state index is 0.179. The summed E-state index contributed by atoms with van der Waals surface area (Å²) in [7, 11) is 1.30. The molecule has 6 heteroatoms. The zero-order chi connectivity index (χ0) is 16.8. The highest BCUT2D eigenvalue weighted by Crippen LogP contribution is 2.23. The van der Waals surface area contributed by atoms with Gasteiger partial charge in [-0.05, 0) is 30.7 Å². The van der Waals surface area contributed by atoms with Gasteiger partial charge >= 0.3 is 5.97 Å². The second kappa shape index (κ2) is 7.74. The number of carbonyl (C=O) groups excluding carboxylic acids is 2. The predicted octanol–water partition coefficient (Wildman–Crippen LogP) is 2.75. The number of hydrogen-bond acceptors (Lipinski definition) is 3. The van der Waals surface area contributed by atoms with Crippen LogP contribution in [0.1, 0.15) is 22.3 Å². The summed E-state index contributed by atoms with van der Waals surface area (Å²) in [5.41, 5.74) is 1.89. The number of pyridine rings is 1. The highest BCUT2D eigenvalue weighted by Gasteiger charge is 2.12. The first kappa shape index (κ1) is 17.0. The van der Waals surface area contributed by atoms with Gasteiger partial charge in [0.1, 0.15) is 0 Å². The summed E-state index contributed by atoms with van der Waals surface area (Å²) < 4.78 is 6.58. The number of rotatable bonds is 5. The molecule has 1 aromatic heterocycles. The van der Waals surface area contributed by atoms with E-state index in [1.807, 2.05) is 36.0 Å². The van der Waals surface area contributed by atoms with E-state index in [2.05, 4.69) is 10.1 Å². The third kappa shape index (κ3) is 4.79. The Balaban J connectivity index is 1.99. The summed E-state index contributed by atoms with van der Waals surface area (Å²) in [5, 5.41) is 3.09. The van der Waals surface area contributed by atoms with Crippen molar-refractivity contribution in [2.45, 2.75) is 19.9 Å². The van der Waals surface area contributed by atoms with Crippen molar-refractivity contribution >= 4 is 29.2 Å². The van der Waals surface area contributed by atoms with Crippen molar-refractivity contribution in [3.8, 4) is 0 Å². The molecule has 1 heterocycles. The minimum atomic E-state index is -0.479. The summed E-state index contributed by atoms with van der Waals surface area (Å²) in [6, 6.07) is 8.57. The second-order valence-corrected chi connectivity index (χ2v) is 5.50. The molecule has 1 N–H and O–H groups in total. The number of nitrogens with zero attached hydrogens (tertiary/aromatic N) is 1. The summed E-state index contributed by atoms with van der Waals surface area (Å²) in [5.74, 6) is -0.658. The van der Waals surface area contributed by atoms with Gasteiger partial charge < -0.3 is 10.1 Å². The zero-order valence-corrected chi connectivity index (χ0v) is 13.8. The molecule has 1 aromatic carbocycles. The van der Waals surface area contributed by atoms with E-state index in [1.165, 1.54) is 13.2 Å². The third-order valence-corrected chi connectivity index (χ3v) is 3.65. The van der Waals surface area contributed by atoms with E-state index >= 15 is 0 Å². The van der Waals surface area contributed by atoms with Crippen molar-refractivity contribution < 1.29 is 18.9 Å². The van der Waals surface area contributed by atoms with Crippen molar-refractivity contribution in [2.24, 2.45) is 0 Å². The smallest absolute Gasteiger partial charge is 0.337 e. The molecule has 0 aliphatic carbocycles. The van der Waals surface area contributed by atoms with Gasteiger partial charge in [0, 0.05) is 12.1 Å². The molecule has 23 heavy (non-hydrogen) atoms. The first-order valence-electron chi connectivity index (χ1n) is 7.13. The first-order chi connectivity index (χ1) is 11.0. The number of methoxy groups -OCH3 is 1. The zero-order valence-electron chi connectivity index (χ0n) is 13.0. The van der Waals surface area contributed by atoms with Crippen LogP contribution >= 0.6 is 11.6 Å². The van der Waals surface area contributed by atoms with E-state index in [4.69, 9.17) is 11.6 Å². The molecule has 0 fully saturated rings. The Bertz CT molecular complexity index is 714. The molecule has 5 nitrogen and oxygen atoms in total. The first-order valence-corrected chi connectivity index (χ1v) is 7.51. The van der Waals surface area contributed by atoms with Crippen molar-refractivity contribution in [1.29, 1.82) is 0 Å². The van der Waals surface area contributed by atoms with Crippen LogP contribution in [0, 0.1) is 6.92 Å². The van der Waals surface area contributed by atoms with E-state index in [1.54, 1.807) is 12.1 Å². The van der Waals surface area contributed by atoms with Crippen molar-refractivity contribution in [3.63, 3.8) is 0 Å². The molecule has 1 amide bonds. The van der Waals surface area contributed by atoms with Crippen LogP contribution in [0.5, 0.6) is 0 Å². The van der Waals surface area contributed by atoms with Crippen molar-refractivity contribution in [3.05, 3.63) is 58.9 Å². The average Bonchev–Trinajstić information content (AvgIpc) is 2.55. The molecule has 0 saturated carbocycles. The molecule has 120 valence electrons. The third-order valence-electron chi connectivity index (χ3n) is 3.32. The van der Waals surface area contributed by atoms with Crippen LogP contribution in [-0.2, 0) is 16.1 Å². The summed E-state index contributed by atoms with van der Waals surface area (Å²) >= 11 is 6.05. The number of ether oxygens (including phenoxy) is 1. The number of hydrogen-bond donors (Lipinski definition) is 1. The number of esters is 1. The van der Waals surface area contributed by atoms with E-state index in [0.717, 1.165) is 5.56 Å². The van der Waals surface area contributed by atoms with Crippen molar-refractivity contribution in [1.82, 2.24) is 0 Å². The van der Waals surface area contributed by atoms with E-state index in [-0.39, 0.29) is 5.91 Å². The molecule has 2 rings (SSSR count). The molecule has 0 radical (unpaired) electrons. The number of anilines is 1. The second-order valence-electron chi connectivity index (χ2n) is 5.10. The van der Waals surface area contributed by atoms with Gasteiger partial charge in [0.15, 0.2) is 18.9 Å². The Hall–Kier alpha value is -2.40. The molecule has 0 aliphatic rings. The van der Waals surface area contributed by atoms with Crippen LogP contribution in [0.4, 0.5) is 5.69 Å². The lowest BCUT2D eigenvalue weighted by Gasteiger charge is -2.08. The molecule has 0 aliphatic heterocycles. The normalized spacial score (nSPS) is 10.2.